The summed E-state index contributed by atoms with van der Waals surface area (Å²) in [4.78, 5) is 4.86. The van der Waals surface area contributed by atoms with Gasteiger partial charge in [-0.25, -0.2) is 4.98 Å². The molecule has 0 N–H and O–H groups in total. The molecule has 2 unspecified atom stereocenters. The third kappa shape index (κ3) is 1.42. The summed E-state index contributed by atoms with van der Waals surface area (Å²) in [6.45, 7) is 5.95. The van der Waals surface area contributed by atoms with Crippen LogP contribution in [0.5, 0.6) is 0 Å². The van der Waals surface area contributed by atoms with Crippen molar-refractivity contribution in [1.29, 1.82) is 0 Å². The van der Waals surface area contributed by atoms with Gasteiger partial charge >= 0.3 is 0 Å². The van der Waals surface area contributed by atoms with E-state index in [1.807, 2.05) is 0 Å². The molecule has 0 saturated heterocycles. The molecule has 3 rings (SSSR count). The van der Waals surface area contributed by atoms with Crippen LogP contribution in [0, 0.1) is 5.92 Å². The highest BCUT2D eigenvalue weighted by molar-refractivity contribution is 5.25. The molecule has 15 heavy (non-hydrogen) atoms. The highest BCUT2D eigenvalue weighted by Crippen LogP contribution is 2.36. The van der Waals surface area contributed by atoms with Gasteiger partial charge in [-0.15, -0.1) is 0 Å². The van der Waals surface area contributed by atoms with Crippen molar-refractivity contribution in [3.05, 3.63) is 17.2 Å². The minimum Gasteiger partial charge on any atom is -0.331 e. The Morgan fingerprint density at radius 1 is 1.27 bits per heavy atom. The average molecular weight is 204 g/mol. The van der Waals surface area contributed by atoms with Crippen LogP contribution in [0.1, 0.15) is 56.2 Å². The molecular weight excluding hydrogens is 184 g/mol. The lowest BCUT2D eigenvalue weighted by Crippen LogP contribution is -2.19. The zero-order chi connectivity index (χ0) is 10.4. The van der Waals surface area contributed by atoms with Gasteiger partial charge in [0.15, 0.2) is 0 Å². The first-order valence-electron chi connectivity index (χ1n) is 6.34. The molecule has 1 aliphatic carbocycles. The van der Waals surface area contributed by atoms with E-state index in [1.54, 1.807) is 5.69 Å². The Morgan fingerprint density at radius 2 is 2.13 bits per heavy atom. The molecule has 0 amide bonds. The van der Waals surface area contributed by atoms with E-state index in [4.69, 9.17) is 4.98 Å². The van der Waals surface area contributed by atoms with E-state index in [-0.39, 0.29) is 0 Å². The summed E-state index contributed by atoms with van der Waals surface area (Å²) in [7, 11) is 0. The van der Waals surface area contributed by atoms with E-state index >= 15 is 0 Å². The summed E-state index contributed by atoms with van der Waals surface area (Å²) in [5.41, 5.74) is 2.99. The van der Waals surface area contributed by atoms with Gasteiger partial charge in [0.25, 0.3) is 0 Å². The molecule has 0 aromatic carbocycles. The van der Waals surface area contributed by atoms with E-state index in [1.165, 1.54) is 50.2 Å². The van der Waals surface area contributed by atoms with Gasteiger partial charge in [-0.2, -0.15) is 0 Å². The van der Waals surface area contributed by atoms with Crippen LogP contribution in [0.25, 0.3) is 0 Å². The van der Waals surface area contributed by atoms with Crippen molar-refractivity contribution in [3.8, 4) is 0 Å². The Bertz CT molecular complexity index is 378. The van der Waals surface area contributed by atoms with Crippen LogP contribution in [0.15, 0.2) is 0 Å². The van der Waals surface area contributed by atoms with Gasteiger partial charge in [-0.1, -0.05) is 13.8 Å². The minimum absolute atomic E-state index is 0.725. The lowest BCUT2D eigenvalue weighted by atomic mass is 9.84. The normalized spacial score (nSPS) is 29.7. The Hall–Kier alpha value is -0.790. The molecular formula is C13H20N2. The van der Waals surface area contributed by atoms with E-state index in [2.05, 4.69) is 18.4 Å². The van der Waals surface area contributed by atoms with Gasteiger partial charge in [-0.3, -0.25) is 0 Å². The maximum atomic E-state index is 4.86. The topological polar surface area (TPSA) is 17.8 Å². The highest BCUT2D eigenvalue weighted by Gasteiger charge is 2.28. The quantitative estimate of drug-likeness (QED) is 0.635. The number of aromatic nitrogens is 2. The lowest BCUT2D eigenvalue weighted by Gasteiger charge is -2.26. The van der Waals surface area contributed by atoms with Gasteiger partial charge in [-0.05, 0) is 37.5 Å². The number of nitrogens with zero attached hydrogens (tertiary/aromatic N) is 2. The summed E-state index contributed by atoms with van der Waals surface area (Å²) >= 11 is 0. The van der Waals surface area contributed by atoms with E-state index < -0.39 is 0 Å². The van der Waals surface area contributed by atoms with Crippen molar-refractivity contribution in [2.45, 2.75) is 58.4 Å². The first kappa shape index (κ1) is 9.44. The third-order valence-electron chi connectivity index (χ3n) is 3.96. The number of fused-ring (bicyclic) bond motifs is 3. The summed E-state index contributed by atoms with van der Waals surface area (Å²) in [6.07, 6.45) is 6.43. The van der Waals surface area contributed by atoms with Crippen LogP contribution in [0.4, 0.5) is 0 Å². The van der Waals surface area contributed by atoms with Crippen LogP contribution in [0.2, 0.25) is 0 Å². The number of hydrogen-bond donors (Lipinski definition) is 0. The molecule has 2 heterocycles. The van der Waals surface area contributed by atoms with Gasteiger partial charge in [0.05, 0.1) is 5.69 Å². The molecule has 2 nitrogen and oxygen atoms in total. The van der Waals surface area contributed by atoms with Crippen molar-refractivity contribution in [2.24, 2.45) is 5.92 Å². The Kier molecular flexibility index (Phi) is 2.11. The average Bonchev–Trinajstić information content (AvgIpc) is 2.54. The Morgan fingerprint density at radius 3 is 3.00 bits per heavy atom. The highest BCUT2D eigenvalue weighted by atomic mass is 15.1. The van der Waals surface area contributed by atoms with Gasteiger partial charge in [0.1, 0.15) is 5.82 Å². The smallest absolute Gasteiger partial charge is 0.109 e. The fourth-order valence-corrected chi connectivity index (χ4v) is 3.39. The molecule has 0 saturated carbocycles. The molecule has 2 aliphatic rings. The second kappa shape index (κ2) is 3.36. The summed E-state index contributed by atoms with van der Waals surface area (Å²) in [6, 6.07) is 0. The van der Waals surface area contributed by atoms with Crippen molar-refractivity contribution in [1.82, 2.24) is 9.55 Å². The second-order valence-corrected chi connectivity index (χ2v) is 5.41. The molecule has 1 aliphatic heterocycles. The van der Waals surface area contributed by atoms with Gasteiger partial charge in [0.2, 0.25) is 0 Å². The van der Waals surface area contributed by atoms with E-state index in [0.717, 1.165) is 11.8 Å². The number of imidazole rings is 1. The standard InChI is InChI=1S/C13H20N2/c1-9-7-10(2)13-11(8-9)14-12-5-3-4-6-15(12)13/h9-10H,3-8H2,1-2H3. The molecule has 2 heteroatoms. The maximum absolute atomic E-state index is 4.86. The lowest BCUT2D eigenvalue weighted by molar-refractivity contribution is 0.417. The summed E-state index contributed by atoms with van der Waals surface area (Å²) < 4.78 is 2.52. The molecule has 1 aromatic rings. The van der Waals surface area contributed by atoms with Crippen LogP contribution >= 0.6 is 0 Å². The number of rotatable bonds is 0. The van der Waals surface area contributed by atoms with Crippen LogP contribution in [-0.4, -0.2) is 9.55 Å². The van der Waals surface area contributed by atoms with Gasteiger partial charge in [0, 0.05) is 18.7 Å². The number of hydrogen-bond acceptors (Lipinski definition) is 1. The molecule has 1 aromatic heterocycles. The van der Waals surface area contributed by atoms with Crippen molar-refractivity contribution >= 4 is 0 Å². The molecule has 0 bridgehead atoms. The zero-order valence-electron chi connectivity index (χ0n) is 9.79. The molecule has 0 fully saturated rings. The predicted molar refractivity (Wildman–Crippen MR) is 61.1 cm³/mol. The fraction of sp³-hybridized carbons (Fsp3) is 0.769. The monoisotopic (exact) mass is 204 g/mol. The SMILES string of the molecule is CC1Cc2nc3n(c2C(C)C1)CCCC3. The van der Waals surface area contributed by atoms with E-state index in [9.17, 15) is 0 Å². The minimum atomic E-state index is 0.725. The zero-order valence-corrected chi connectivity index (χ0v) is 9.79. The van der Waals surface area contributed by atoms with Crippen LogP contribution in [0.3, 0.4) is 0 Å². The largest absolute Gasteiger partial charge is 0.331 e. The van der Waals surface area contributed by atoms with Crippen molar-refractivity contribution < 1.29 is 0 Å². The maximum Gasteiger partial charge on any atom is 0.109 e. The van der Waals surface area contributed by atoms with Crippen LogP contribution in [-0.2, 0) is 19.4 Å². The van der Waals surface area contributed by atoms with E-state index in [0.29, 0.717) is 0 Å². The molecule has 2 atom stereocenters. The first-order chi connectivity index (χ1) is 7.25. The molecule has 0 radical (unpaired) electrons. The molecule has 82 valence electrons. The third-order valence-corrected chi connectivity index (χ3v) is 3.96. The summed E-state index contributed by atoms with van der Waals surface area (Å²) in [5, 5.41) is 0. The summed E-state index contributed by atoms with van der Waals surface area (Å²) in [5.74, 6) is 2.92. The Labute approximate surface area is 91.7 Å². The van der Waals surface area contributed by atoms with Crippen molar-refractivity contribution in [3.63, 3.8) is 0 Å². The Balaban J connectivity index is 2.08. The first-order valence-corrected chi connectivity index (χ1v) is 6.34. The van der Waals surface area contributed by atoms with Crippen LogP contribution < -0.4 is 0 Å². The predicted octanol–water partition coefficient (Wildman–Crippen LogP) is 2.91. The number of aryl methyl sites for hydroxylation is 1. The molecule has 0 spiro atoms. The van der Waals surface area contributed by atoms with Crippen molar-refractivity contribution in [2.75, 3.05) is 0 Å². The van der Waals surface area contributed by atoms with Gasteiger partial charge < -0.3 is 4.57 Å². The second-order valence-electron chi connectivity index (χ2n) is 5.41. The fourth-order valence-electron chi connectivity index (χ4n) is 3.39.